The predicted octanol–water partition coefficient (Wildman–Crippen LogP) is 7.84. The molecular weight excluding hydrogens is 496 g/mol. The minimum atomic E-state index is -0.554. The van der Waals surface area contributed by atoms with Crippen LogP contribution in [-0.4, -0.2) is 12.2 Å². The molecule has 5 aromatic rings. The third-order valence-electron chi connectivity index (χ3n) is 6.06. The number of aromatic hydroxyl groups is 1. The van der Waals surface area contributed by atoms with Crippen LogP contribution in [0.3, 0.4) is 0 Å². The van der Waals surface area contributed by atoms with Crippen LogP contribution in [-0.2, 0) is 5.75 Å². The number of hydrogen-bond acceptors (Lipinski definition) is 6. The standard InChI is InChI=1S/C32H26O5S/c1-35-28-14-8-9-15-29(28)36-25-18-16-22(17-19-25)30-20-27(33)26(32(34)37-30)21-38-31(23-10-4-2-5-11-23)24-12-6-3-7-13-24/h2-20,31,33H,21H2,1H3. The third kappa shape index (κ3) is 5.76. The van der Waals surface area contributed by atoms with Gasteiger partial charge in [0.1, 0.15) is 17.3 Å². The summed E-state index contributed by atoms with van der Waals surface area (Å²) in [5.41, 5.74) is 2.59. The fourth-order valence-corrected chi connectivity index (χ4v) is 5.40. The molecule has 0 amide bonds. The highest BCUT2D eigenvalue weighted by Crippen LogP contribution is 2.39. The highest BCUT2D eigenvalue weighted by atomic mass is 32.2. The second kappa shape index (κ2) is 11.8. The summed E-state index contributed by atoms with van der Waals surface area (Å²) in [4.78, 5) is 12.9. The molecule has 5 rings (SSSR count). The van der Waals surface area contributed by atoms with E-state index in [4.69, 9.17) is 13.9 Å². The molecule has 0 aliphatic carbocycles. The van der Waals surface area contributed by atoms with Gasteiger partial charge in [-0.2, -0.15) is 0 Å². The van der Waals surface area contributed by atoms with Crippen molar-refractivity contribution in [3.8, 4) is 34.3 Å². The van der Waals surface area contributed by atoms with Gasteiger partial charge in [0.25, 0.3) is 0 Å². The van der Waals surface area contributed by atoms with Crippen LogP contribution in [0.1, 0.15) is 21.9 Å². The highest BCUT2D eigenvalue weighted by Gasteiger charge is 2.19. The molecular formula is C32H26O5S. The van der Waals surface area contributed by atoms with Crippen molar-refractivity contribution in [2.75, 3.05) is 7.11 Å². The monoisotopic (exact) mass is 522 g/mol. The smallest absolute Gasteiger partial charge is 0.344 e. The summed E-state index contributed by atoms with van der Waals surface area (Å²) in [6, 6.07) is 36.2. The van der Waals surface area contributed by atoms with Crippen LogP contribution in [0, 0.1) is 0 Å². The fourth-order valence-electron chi connectivity index (χ4n) is 4.11. The molecule has 0 radical (unpaired) electrons. The molecule has 4 aromatic carbocycles. The van der Waals surface area contributed by atoms with Crippen molar-refractivity contribution in [1.82, 2.24) is 0 Å². The number of para-hydroxylation sites is 2. The Morgan fingerprint density at radius 1 is 0.789 bits per heavy atom. The average molecular weight is 523 g/mol. The SMILES string of the molecule is COc1ccccc1Oc1ccc(-c2cc(O)c(CSC(c3ccccc3)c3ccccc3)c(=O)o2)cc1. The second-order valence-electron chi connectivity index (χ2n) is 8.55. The number of rotatable bonds is 9. The van der Waals surface area contributed by atoms with E-state index in [1.54, 1.807) is 43.1 Å². The van der Waals surface area contributed by atoms with Crippen LogP contribution in [0.2, 0.25) is 0 Å². The van der Waals surface area contributed by atoms with Crippen LogP contribution >= 0.6 is 11.8 Å². The van der Waals surface area contributed by atoms with E-state index < -0.39 is 5.63 Å². The summed E-state index contributed by atoms with van der Waals surface area (Å²) in [5.74, 6) is 2.33. The van der Waals surface area contributed by atoms with Gasteiger partial charge in [0.15, 0.2) is 11.5 Å². The van der Waals surface area contributed by atoms with Crippen molar-refractivity contribution in [3.63, 3.8) is 0 Å². The zero-order chi connectivity index (χ0) is 26.3. The zero-order valence-electron chi connectivity index (χ0n) is 20.7. The Morgan fingerprint density at radius 2 is 1.37 bits per heavy atom. The number of ether oxygens (including phenoxy) is 2. The van der Waals surface area contributed by atoms with E-state index in [0.29, 0.717) is 28.6 Å². The van der Waals surface area contributed by atoms with Crippen molar-refractivity contribution in [1.29, 1.82) is 0 Å². The second-order valence-corrected chi connectivity index (χ2v) is 9.65. The van der Waals surface area contributed by atoms with Gasteiger partial charge in [0.05, 0.1) is 17.9 Å². The van der Waals surface area contributed by atoms with Gasteiger partial charge in [-0.15, -0.1) is 11.8 Å². The van der Waals surface area contributed by atoms with Crippen molar-refractivity contribution in [2.45, 2.75) is 11.0 Å². The molecule has 1 heterocycles. The molecule has 0 unspecified atom stereocenters. The summed E-state index contributed by atoms with van der Waals surface area (Å²) < 4.78 is 16.9. The van der Waals surface area contributed by atoms with Gasteiger partial charge in [0.2, 0.25) is 0 Å². The number of benzene rings is 4. The predicted molar refractivity (Wildman–Crippen MR) is 151 cm³/mol. The van der Waals surface area contributed by atoms with Crippen LogP contribution < -0.4 is 15.1 Å². The van der Waals surface area contributed by atoms with E-state index in [1.807, 2.05) is 60.7 Å². The summed E-state index contributed by atoms with van der Waals surface area (Å²) >= 11 is 1.57. The molecule has 5 nitrogen and oxygen atoms in total. The van der Waals surface area contributed by atoms with Gasteiger partial charge >= 0.3 is 5.63 Å². The zero-order valence-corrected chi connectivity index (χ0v) is 21.6. The number of methoxy groups -OCH3 is 1. The lowest BCUT2D eigenvalue weighted by molar-refractivity contribution is 0.379. The van der Waals surface area contributed by atoms with E-state index in [1.165, 1.54) is 6.07 Å². The van der Waals surface area contributed by atoms with E-state index in [-0.39, 0.29) is 22.3 Å². The maximum atomic E-state index is 12.9. The molecule has 0 aliphatic heterocycles. The lowest BCUT2D eigenvalue weighted by Crippen LogP contribution is -2.08. The summed E-state index contributed by atoms with van der Waals surface area (Å²) in [6.45, 7) is 0. The Bertz CT molecular complexity index is 1510. The highest BCUT2D eigenvalue weighted by molar-refractivity contribution is 7.98. The first kappa shape index (κ1) is 25.2. The van der Waals surface area contributed by atoms with Gasteiger partial charge in [-0.3, -0.25) is 0 Å². The molecule has 0 saturated carbocycles. The summed E-state index contributed by atoms with van der Waals surface area (Å²) in [5, 5.41) is 10.8. The quantitative estimate of drug-likeness (QED) is 0.213. The van der Waals surface area contributed by atoms with E-state index in [2.05, 4.69) is 24.3 Å². The Kier molecular flexibility index (Phi) is 7.81. The van der Waals surface area contributed by atoms with Crippen LogP contribution in [0.25, 0.3) is 11.3 Å². The van der Waals surface area contributed by atoms with Gasteiger partial charge in [0, 0.05) is 17.4 Å². The molecule has 38 heavy (non-hydrogen) atoms. The first-order valence-electron chi connectivity index (χ1n) is 12.1. The largest absolute Gasteiger partial charge is 0.507 e. The molecule has 1 N–H and O–H groups in total. The van der Waals surface area contributed by atoms with Crippen molar-refractivity contribution in [2.24, 2.45) is 0 Å². The van der Waals surface area contributed by atoms with E-state index in [0.717, 1.165) is 11.1 Å². The number of hydrogen-bond donors (Lipinski definition) is 1. The molecule has 0 fully saturated rings. The van der Waals surface area contributed by atoms with Gasteiger partial charge in [-0.05, 0) is 47.5 Å². The van der Waals surface area contributed by atoms with Crippen LogP contribution in [0.15, 0.2) is 124 Å². The van der Waals surface area contributed by atoms with E-state index >= 15 is 0 Å². The Hall–Kier alpha value is -4.42. The van der Waals surface area contributed by atoms with Crippen molar-refractivity contribution in [3.05, 3.63) is 142 Å². The van der Waals surface area contributed by atoms with Gasteiger partial charge in [-0.25, -0.2) is 4.79 Å². The Labute approximate surface area is 225 Å². The molecule has 6 heteroatoms. The molecule has 190 valence electrons. The molecule has 0 saturated heterocycles. The molecule has 0 spiro atoms. The minimum absolute atomic E-state index is 0.00617. The third-order valence-corrected chi connectivity index (χ3v) is 7.39. The maximum absolute atomic E-state index is 12.9. The average Bonchev–Trinajstić information content (AvgIpc) is 2.96. The lowest BCUT2D eigenvalue weighted by Gasteiger charge is -2.18. The van der Waals surface area contributed by atoms with Crippen molar-refractivity contribution < 1.29 is 19.0 Å². The topological polar surface area (TPSA) is 68.9 Å². The number of thioether (sulfide) groups is 1. The first-order chi connectivity index (χ1) is 18.6. The Balaban J connectivity index is 1.34. The minimum Gasteiger partial charge on any atom is -0.507 e. The summed E-state index contributed by atoms with van der Waals surface area (Å²) in [6.07, 6.45) is 0. The maximum Gasteiger partial charge on any atom is 0.344 e. The van der Waals surface area contributed by atoms with Gasteiger partial charge < -0.3 is 19.0 Å². The van der Waals surface area contributed by atoms with Crippen molar-refractivity contribution >= 4 is 11.8 Å². The molecule has 0 aliphatic rings. The molecule has 0 atom stereocenters. The Morgan fingerprint density at radius 3 is 1.95 bits per heavy atom. The lowest BCUT2D eigenvalue weighted by atomic mass is 10.0. The van der Waals surface area contributed by atoms with Crippen LogP contribution in [0.5, 0.6) is 23.0 Å². The fraction of sp³-hybridized carbons (Fsp3) is 0.0938. The van der Waals surface area contributed by atoms with Gasteiger partial charge in [-0.1, -0.05) is 72.8 Å². The first-order valence-corrected chi connectivity index (χ1v) is 13.2. The van der Waals surface area contributed by atoms with Crippen LogP contribution in [0.4, 0.5) is 0 Å². The normalized spacial score (nSPS) is 10.9. The summed E-state index contributed by atoms with van der Waals surface area (Å²) in [7, 11) is 1.59. The molecule has 1 aromatic heterocycles. The van der Waals surface area contributed by atoms with E-state index in [9.17, 15) is 9.90 Å². The molecule has 0 bridgehead atoms.